The summed E-state index contributed by atoms with van der Waals surface area (Å²) in [4.78, 5) is 11.9. The highest BCUT2D eigenvalue weighted by Gasteiger charge is 2.11. The minimum atomic E-state index is -0.498. The molecule has 2 aromatic rings. The molecule has 2 aromatic carbocycles. The summed E-state index contributed by atoms with van der Waals surface area (Å²) in [5.41, 5.74) is 6.97. The molecule has 0 amide bonds. The summed E-state index contributed by atoms with van der Waals surface area (Å²) >= 11 is 3.28. The van der Waals surface area contributed by atoms with Crippen molar-refractivity contribution in [2.24, 2.45) is 0 Å². The van der Waals surface area contributed by atoms with Crippen LogP contribution < -0.4 is 10.5 Å². The van der Waals surface area contributed by atoms with Crippen molar-refractivity contribution in [3.8, 4) is 11.8 Å². The van der Waals surface area contributed by atoms with E-state index in [9.17, 15) is 4.79 Å². The molecule has 0 aromatic heterocycles. The fourth-order valence-corrected chi connectivity index (χ4v) is 2.06. The van der Waals surface area contributed by atoms with Crippen molar-refractivity contribution in [1.29, 1.82) is 5.26 Å². The Balaban J connectivity index is 1.82. The molecule has 112 valence electrons. The summed E-state index contributed by atoms with van der Waals surface area (Å²) in [5, 5.41) is 8.69. The van der Waals surface area contributed by atoms with Gasteiger partial charge in [-0.1, -0.05) is 15.9 Å². The van der Waals surface area contributed by atoms with E-state index in [2.05, 4.69) is 15.9 Å². The number of carbonyl (C=O) groups is 1. The zero-order chi connectivity index (χ0) is 15.9. The number of hydrogen-bond donors (Lipinski definition) is 1. The van der Waals surface area contributed by atoms with Crippen LogP contribution in [0.4, 0.5) is 5.69 Å². The first-order valence-electron chi connectivity index (χ1n) is 6.45. The van der Waals surface area contributed by atoms with Crippen LogP contribution >= 0.6 is 15.9 Å². The van der Waals surface area contributed by atoms with E-state index in [1.165, 1.54) is 0 Å². The van der Waals surface area contributed by atoms with Crippen molar-refractivity contribution in [2.75, 3.05) is 18.9 Å². The molecule has 0 aliphatic carbocycles. The summed E-state index contributed by atoms with van der Waals surface area (Å²) in [6.07, 6.45) is 0. The first kappa shape index (κ1) is 15.9. The highest BCUT2D eigenvalue weighted by atomic mass is 79.9. The van der Waals surface area contributed by atoms with Crippen LogP contribution in [0.25, 0.3) is 0 Å². The molecule has 0 saturated carbocycles. The molecule has 0 aliphatic rings. The Morgan fingerprint density at radius 1 is 1.18 bits per heavy atom. The summed E-state index contributed by atoms with van der Waals surface area (Å²) in [7, 11) is 0. The number of carbonyl (C=O) groups excluding carboxylic acids is 1. The van der Waals surface area contributed by atoms with Gasteiger partial charge in [-0.05, 0) is 42.5 Å². The van der Waals surface area contributed by atoms with E-state index in [0.29, 0.717) is 22.6 Å². The number of anilines is 1. The zero-order valence-corrected chi connectivity index (χ0v) is 13.2. The van der Waals surface area contributed by atoms with Gasteiger partial charge >= 0.3 is 5.97 Å². The van der Waals surface area contributed by atoms with Crippen molar-refractivity contribution in [1.82, 2.24) is 0 Å². The number of halogens is 1. The van der Waals surface area contributed by atoms with E-state index in [1.807, 2.05) is 6.07 Å². The molecule has 0 atom stereocenters. The number of hydrogen-bond acceptors (Lipinski definition) is 5. The van der Waals surface area contributed by atoms with Crippen LogP contribution in [0, 0.1) is 11.3 Å². The molecule has 0 aliphatic heterocycles. The standard InChI is InChI=1S/C16H13BrN2O3/c17-12-3-6-15(19)14(9-12)16(20)22-8-7-21-13-4-1-11(10-18)2-5-13/h1-6,9H,7-8,19H2. The fraction of sp³-hybridized carbons (Fsp3) is 0.125. The summed E-state index contributed by atoms with van der Waals surface area (Å²) in [5.74, 6) is 0.110. The average molecular weight is 361 g/mol. The van der Waals surface area contributed by atoms with Crippen molar-refractivity contribution >= 4 is 27.6 Å². The molecule has 0 fully saturated rings. The van der Waals surface area contributed by atoms with Crippen LogP contribution in [0.1, 0.15) is 15.9 Å². The minimum Gasteiger partial charge on any atom is -0.490 e. The van der Waals surface area contributed by atoms with Gasteiger partial charge in [0.2, 0.25) is 0 Å². The quantitative estimate of drug-likeness (QED) is 0.502. The van der Waals surface area contributed by atoms with Gasteiger partial charge in [-0.2, -0.15) is 5.26 Å². The number of benzene rings is 2. The van der Waals surface area contributed by atoms with E-state index < -0.39 is 5.97 Å². The van der Waals surface area contributed by atoms with Gasteiger partial charge in [0.15, 0.2) is 0 Å². The van der Waals surface area contributed by atoms with Gasteiger partial charge in [-0.3, -0.25) is 0 Å². The predicted octanol–water partition coefficient (Wildman–Crippen LogP) is 3.14. The first-order valence-corrected chi connectivity index (χ1v) is 7.24. The molecule has 0 spiro atoms. The van der Waals surface area contributed by atoms with Gasteiger partial charge in [-0.25, -0.2) is 4.79 Å². The van der Waals surface area contributed by atoms with Crippen molar-refractivity contribution in [3.63, 3.8) is 0 Å². The monoisotopic (exact) mass is 360 g/mol. The fourth-order valence-electron chi connectivity index (χ4n) is 1.70. The number of nitrogen functional groups attached to an aromatic ring is 1. The van der Waals surface area contributed by atoms with Gasteiger partial charge in [-0.15, -0.1) is 0 Å². The van der Waals surface area contributed by atoms with Crippen LogP contribution in [0.2, 0.25) is 0 Å². The van der Waals surface area contributed by atoms with Crippen LogP contribution in [0.3, 0.4) is 0 Å². The summed E-state index contributed by atoms with van der Waals surface area (Å²) in [6, 6.07) is 13.7. The Labute approximate surface area is 136 Å². The summed E-state index contributed by atoms with van der Waals surface area (Å²) in [6.45, 7) is 0.316. The Kier molecular flexibility index (Phi) is 5.39. The maximum atomic E-state index is 11.9. The largest absolute Gasteiger partial charge is 0.490 e. The molecule has 0 unspecified atom stereocenters. The Morgan fingerprint density at radius 2 is 1.91 bits per heavy atom. The zero-order valence-electron chi connectivity index (χ0n) is 11.6. The van der Waals surface area contributed by atoms with Gasteiger partial charge in [0, 0.05) is 10.2 Å². The topological polar surface area (TPSA) is 85.3 Å². The number of nitrogens with zero attached hydrogens (tertiary/aromatic N) is 1. The number of nitriles is 1. The second-order valence-corrected chi connectivity index (χ2v) is 5.27. The molecule has 6 heteroatoms. The lowest BCUT2D eigenvalue weighted by atomic mass is 10.2. The van der Waals surface area contributed by atoms with E-state index in [-0.39, 0.29) is 13.2 Å². The predicted molar refractivity (Wildman–Crippen MR) is 85.5 cm³/mol. The molecule has 2 N–H and O–H groups in total. The highest BCUT2D eigenvalue weighted by molar-refractivity contribution is 9.10. The molecule has 0 heterocycles. The molecule has 0 saturated heterocycles. The van der Waals surface area contributed by atoms with Gasteiger partial charge in [0.1, 0.15) is 19.0 Å². The third kappa shape index (κ3) is 4.24. The molecule has 5 nitrogen and oxygen atoms in total. The van der Waals surface area contributed by atoms with Crippen LogP contribution in [-0.4, -0.2) is 19.2 Å². The third-order valence-electron chi connectivity index (χ3n) is 2.80. The van der Waals surface area contributed by atoms with Crippen molar-refractivity contribution in [2.45, 2.75) is 0 Å². The Morgan fingerprint density at radius 3 is 2.59 bits per heavy atom. The van der Waals surface area contributed by atoms with Crippen molar-refractivity contribution < 1.29 is 14.3 Å². The SMILES string of the molecule is N#Cc1ccc(OCCOC(=O)c2cc(Br)ccc2N)cc1. The van der Waals surface area contributed by atoms with Gasteiger partial charge < -0.3 is 15.2 Å². The van der Waals surface area contributed by atoms with E-state index >= 15 is 0 Å². The third-order valence-corrected chi connectivity index (χ3v) is 3.30. The van der Waals surface area contributed by atoms with Gasteiger partial charge in [0.25, 0.3) is 0 Å². The number of esters is 1. The second kappa shape index (κ2) is 7.48. The maximum Gasteiger partial charge on any atom is 0.340 e. The smallest absolute Gasteiger partial charge is 0.340 e. The summed E-state index contributed by atoms with van der Waals surface area (Å²) < 4.78 is 11.3. The second-order valence-electron chi connectivity index (χ2n) is 4.35. The van der Waals surface area contributed by atoms with Crippen LogP contribution in [-0.2, 0) is 4.74 Å². The molecule has 0 bridgehead atoms. The van der Waals surface area contributed by atoms with E-state index in [1.54, 1.807) is 42.5 Å². The number of ether oxygens (including phenoxy) is 2. The molecule has 0 radical (unpaired) electrons. The Hall–Kier alpha value is -2.52. The first-order chi connectivity index (χ1) is 10.6. The Bertz CT molecular complexity index is 708. The minimum absolute atomic E-state index is 0.102. The van der Waals surface area contributed by atoms with Crippen LogP contribution in [0.5, 0.6) is 5.75 Å². The van der Waals surface area contributed by atoms with Gasteiger partial charge in [0.05, 0.1) is 17.2 Å². The maximum absolute atomic E-state index is 11.9. The van der Waals surface area contributed by atoms with Crippen LogP contribution in [0.15, 0.2) is 46.9 Å². The number of rotatable bonds is 5. The molecule has 22 heavy (non-hydrogen) atoms. The van der Waals surface area contributed by atoms with E-state index in [4.69, 9.17) is 20.5 Å². The van der Waals surface area contributed by atoms with Crippen molar-refractivity contribution in [3.05, 3.63) is 58.1 Å². The molecule has 2 rings (SSSR count). The normalized spacial score (nSPS) is 9.82. The molecular formula is C16H13BrN2O3. The van der Waals surface area contributed by atoms with E-state index in [0.717, 1.165) is 4.47 Å². The highest BCUT2D eigenvalue weighted by Crippen LogP contribution is 2.19. The lowest BCUT2D eigenvalue weighted by molar-refractivity contribution is 0.0451. The lowest BCUT2D eigenvalue weighted by Gasteiger charge is -2.09. The number of nitrogens with two attached hydrogens (primary N) is 1. The molecular weight excluding hydrogens is 348 g/mol. The average Bonchev–Trinajstić information content (AvgIpc) is 2.54. The lowest BCUT2D eigenvalue weighted by Crippen LogP contribution is -2.13.